The van der Waals surface area contributed by atoms with Crippen LogP contribution in [0.1, 0.15) is 129 Å². The first-order valence-corrected chi connectivity index (χ1v) is 21.0. The molecule has 312 valence electrons. The highest BCUT2D eigenvalue weighted by Crippen LogP contribution is 2.22. The van der Waals surface area contributed by atoms with Gasteiger partial charge in [0, 0.05) is 6.42 Å². The molecule has 7 atom stereocenters. The van der Waals surface area contributed by atoms with Gasteiger partial charge in [0.05, 0.1) is 25.4 Å². The average molecular weight is 770 g/mol. The second kappa shape index (κ2) is 35.5. The molecular weight excluding hydrogens is 695 g/mol. The third kappa shape index (κ3) is 26.6. The highest BCUT2D eigenvalue weighted by atomic mass is 16.7. The highest BCUT2D eigenvalue weighted by Gasteiger charge is 2.44. The Morgan fingerprint density at radius 2 is 1.15 bits per heavy atom. The molecule has 1 saturated heterocycles. The van der Waals surface area contributed by atoms with Crippen LogP contribution < -0.4 is 5.32 Å². The van der Waals surface area contributed by atoms with Crippen molar-refractivity contribution in [3.05, 3.63) is 97.2 Å². The van der Waals surface area contributed by atoms with Crippen molar-refractivity contribution in [3.63, 3.8) is 0 Å². The van der Waals surface area contributed by atoms with Crippen molar-refractivity contribution in [2.75, 3.05) is 13.2 Å². The second-order valence-corrected chi connectivity index (χ2v) is 14.0. The van der Waals surface area contributed by atoms with Crippen LogP contribution in [-0.2, 0) is 14.3 Å². The van der Waals surface area contributed by atoms with Crippen LogP contribution in [0.2, 0.25) is 0 Å². The van der Waals surface area contributed by atoms with E-state index in [-0.39, 0.29) is 18.9 Å². The molecule has 7 unspecified atom stereocenters. The molecule has 1 amide bonds. The third-order valence-electron chi connectivity index (χ3n) is 9.12. The summed E-state index contributed by atoms with van der Waals surface area (Å²) in [5.74, 6) is -0.230. The van der Waals surface area contributed by atoms with E-state index in [0.717, 1.165) is 77.0 Å². The molecule has 0 aliphatic carbocycles. The largest absolute Gasteiger partial charge is 0.394 e. The van der Waals surface area contributed by atoms with Crippen molar-refractivity contribution in [2.24, 2.45) is 0 Å². The van der Waals surface area contributed by atoms with E-state index in [4.69, 9.17) is 9.47 Å². The van der Waals surface area contributed by atoms with E-state index in [1.165, 1.54) is 19.3 Å². The highest BCUT2D eigenvalue weighted by molar-refractivity contribution is 5.76. The topological polar surface area (TPSA) is 149 Å². The van der Waals surface area contributed by atoms with Gasteiger partial charge in [-0.3, -0.25) is 4.79 Å². The summed E-state index contributed by atoms with van der Waals surface area (Å²) in [4.78, 5) is 12.9. The number of carbonyl (C=O) groups excluding carboxylic acids is 1. The van der Waals surface area contributed by atoms with Gasteiger partial charge < -0.3 is 40.3 Å². The zero-order valence-electron chi connectivity index (χ0n) is 33.9. The lowest BCUT2D eigenvalue weighted by atomic mass is 9.99. The van der Waals surface area contributed by atoms with Crippen LogP contribution in [0.5, 0.6) is 0 Å². The number of rotatable bonds is 32. The van der Waals surface area contributed by atoms with Crippen LogP contribution >= 0.6 is 0 Å². The SMILES string of the molecule is CC/C=C\C/C=C\C/C=C\C/C=C\C/C=C\CCCCCC(=O)NC(COC1OC(CO)C(O)C(O)C1O)C(O)/C=C/CC/C=C/CC/C=C/CCCCC. The standard InChI is InChI=1S/C46H75NO8/c1-3-5-7-9-11-13-15-17-18-19-20-21-22-24-26-28-30-32-34-36-42(50)47-39(38-54-46-45(53)44(52)43(51)41(37-48)55-46)40(49)35-33-31-29-27-25-23-16-14-12-10-8-6-4-2/h5,7,11-14,17-18,20-21,24-27,33,35,39-41,43-46,48-49,51-53H,3-4,6,8-10,15-16,19,22-23,28-32,34,36-38H2,1-2H3,(H,47,50)/b7-5-,13-11-,14-12+,18-17-,21-20-,26-24-,27-25+,35-33+. The van der Waals surface area contributed by atoms with Crippen LogP contribution in [0.15, 0.2) is 97.2 Å². The number of nitrogens with one attached hydrogen (secondary N) is 1. The minimum atomic E-state index is -1.58. The van der Waals surface area contributed by atoms with Crippen molar-refractivity contribution in [3.8, 4) is 0 Å². The first-order chi connectivity index (χ1) is 26.8. The average Bonchev–Trinajstić information content (AvgIpc) is 3.18. The quantitative estimate of drug-likeness (QED) is 0.0297. The van der Waals surface area contributed by atoms with E-state index in [1.807, 2.05) is 6.08 Å². The molecule has 9 nitrogen and oxygen atoms in total. The summed E-state index contributed by atoms with van der Waals surface area (Å²) >= 11 is 0. The Hall–Kier alpha value is -2.89. The van der Waals surface area contributed by atoms with E-state index in [2.05, 4.69) is 104 Å². The van der Waals surface area contributed by atoms with Gasteiger partial charge in [-0.1, -0.05) is 130 Å². The smallest absolute Gasteiger partial charge is 0.220 e. The number of aliphatic hydroxyl groups is 5. The predicted octanol–water partition coefficient (Wildman–Crippen LogP) is 8.16. The van der Waals surface area contributed by atoms with Crippen molar-refractivity contribution < 1.29 is 39.8 Å². The van der Waals surface area contributed by atoms with Crippen molar-refractivity contribution in [1.82, 2.24) is 5.32 Å². The van der Waals surface area contributed by atoms with Crippen LogP contribution in [0, 0.1) is 0 Å². The minimum absolute atomic E-state index is 0.226. The van der Waals surface area contributed by atoms with Crippen molar-refractivity contribution >= 4 is 5.91 Å². The Kier molecular flexibility index (Phi) is 32.4. The molecule has 0 aromatic heterocycles. The van der Waals surface area contributed by atoms with Crippen LogP contribution in [0.3, 0.4) is 0 Å². The summed E-state index contributed by atoms with van der Waals surface area (Å²) < 4.78 is 11.1. The van der Waals surface area contributed by atoms with E-state index in [9.17, 15) is 30.3 Å². The number of carbonyl (C=O) groups is 1. The van der Waals surface area contributed by atoms with E-state index >= 15 is 0 Å². The molecule has 0 saturated carbocycles. The molecule has 1 heterocycles. The molecule has 0 aromatic rings. The summed E-state index contributed by atoms with van der Waals surface area (Å²) in [5, 5.41) is 54.0. The molecule has 0 bridgehead atoms. The number of amides is 1. The Morgan fingerprint density at radius 3 is 1.71 bits per heavy atom. The molecule has 1 fully saturated rings. The van der Waals surface area contributed by atoms with Gasteiger partial charge in [-0.15, -0.1) is 0 Å². The van der Waals surface area contributed by atoms with Gasteiger partial charge in [-0.2, -0.15) is 0 Å². The fourth-order valence-corrected chi connectivity index (χ4v) is 5.74. The number of hydrogen-bond acceptors (Lipinski definition) is 8. The lowest BCUT2D eigenvalue weighted by Gasteiger charge is -2.40. The van der Waals surface area contributed by atoms with Gasteiger partial charge in [0.15, 0.2) is 6.29 Å². The van der Waals surface area contributed by atoms with Gasteiger partial charge in [-0.05, 0) is 89.9 Å². The maximum atomic E-state index is 12.9. The summed E-state index contributed by atoms with van der Waals surface area (Å²) in [5.41, 5.74) is 0. The van der Waals surface area contributed by atoms with Gasteiger partial charge in [0.25, 0.3) is 0 Å². The Balaban J connectivity index is 2.47. The van der Waals surface area contributed by atoms with Gasteiger partial charge in [0.1, 0.15) is 24.4 Å². The lowest BCUT2D eigenvalue weighted by molar-refractivity contribution is -0.302. The molecule has 55 heavy (non-hydrogen) atoms. The molecule has 1 aliphatic heterocycles. The minimum Gasteiger partial charge on any atom is -0.394 e. The van der Waals surface area contributed by atoms with E-state index in [1.54, 1.807) is 6.08 Å². The molecule has 0 aromatic carbocycles. The molecular formula is C46H75NO8. The third-order valence-corrected chi connectivity index (χ3v) is 9.12. The molecule has 9 heteroatoms. The lowest BCUT2D eigenvalue weighted by Crippen LogP contribution is -2.60. The second-order valence-electron chi connectivity index (χ2n) is 14.0. The Morgan fingerprint density at radius 1 is 0.636 bits per heavy atom. The first-order valence-electron chi connectivity index (χ1n) is 21.0. The fourth-order valence-electron chi connectivity index (χ4n) is 5.74. The number of unbranched alkanes of at least 4 members (excludes halogenated alkanes) is 8. The zero-order chi connectivity index (χ0) is 40.2. The monoisotopic (exact) mass is 770 g/mol. The fraction of sp³-hybridized carbons (Fsp3) is 0.630. The number of hydrogen-bond donors (Lipinski definition) is 6. The molecule has 0 radical (unpaired) electrons. The maximum absolute atomic E-state index is 12.9. The zero-order valence-corrected chi connectivity index (χ0v) is 33.9. The number of allylic oxidation sites excluding steroid dienone is 15. The van der Waals surface area contributed by atoms with Gasteiger partial charge >= 0.3 is 0 Å². The van der Waals surface area contributed by atoms with Gasteiger partial charge in [0.2, 0.25) is 5.91 Å². The van der Waals surface area contributed by atoms with Crippen molar-refractivity contribution in [1.29, 1.82) is 0 Å². The molecule has 0 spiro atoms. The van der Waals surface area contributed by atoms with E-state index in [0.29, 0.717) is 12.8 Å². The van der Waals surface area contributed by atoms with Crippen molar-refractivity contribution in [2.45, 2.75) is 172 Å². The normalized spacial score (nSPS) is 22.3. The summed E-state index contributed by atoms with van der Waals surface area (Å²) in [6, 6.07) is -0.850. The summed E-state index contributed by atoms with van der Waals surface area (Å²) in [6.45, 7) is 3.54. The van der Waals surface area contributed by atoms with Crippen LogP contribution in [0.25, 0.3) is 0 Å². The van der Waals surface area contributed by atoms with Crippen LogP contribution in [0.4, 0.5) is 0 Å². The molecule has 1 aliphatic rings. The number of aliphatic hydroxyl groups excluding tert-OH is 5. The summed E-state index contributed by atoms with van der Waals surface area (Å²) in [6.07, 6.45) is 43.0. The summed E-state index contributed by atoms with van der Waals surface area (Å²) in [7, 11) is 0. The first kappa shape index (κ1) is 50.1. The van der Waals surface area contributed by atoms with Crippen LogP contribution in [-0.4, -0.2) is 87.5 Å². The number of ether oxygens (including phenoxy) is 2. The Bertz CT molecular complexity index is 1170. The molecule has 6 N–H and O–H groups in total. The van der Waals surface area contributed by atoms with Gasteiger partial charge in [-0.25, -0.2) is 0 Å². The maximum Gasteiger partial charge on any atom is 0.220 e. The Labute approximate surface area is 333 Å². The molecule has 1 rings (SSSR count). The van der Waals surface area contributed by atoms with E-state index < -0.39 is 49.5 Å². The predicted molar refractivity (Wildman–Crippen MR) is 225 cm³/mol.